The molecule has 0 amide bonds. The molecular formula is C26H28O4. The molecule has 0 aliphatic rings. The van der Waals surface area contributed by atoms with Crippen molar-refractivity contribution in [2.45, 2.75) is 45.3 Å². The quantitative estimate of drug-likeness (QED) is 0.528. The minimum atomic E-state index is -0.987. The highest BCUT2D eigenvalue weighted by molar-refractivity contribution is 5.73. The Hall–Kier alpha value is -3.27. The molecule has 3 rings (SSSR count). The standard InChI is InChI=1S/C26H28O4/c1-26(2,3)21-11-15-23(16-12-21)30-24(25(27)28)17-19-9-13-22(14-10-19)29-18-20-7-5-4-6-8-20/h4-16,24H,17-18H2,1-3H3,(H,27,28)/t24-/m0/s1. The molecule has 0 saturated heterocycles. The van der Waals surface area contributed by atoms with Crippen LogP contribution >= 0.6 is 0 Å². The molecular weight excluding hydrogens is 376 g/mol. The molecule has 4 nitrogen and oxygen atoms in total. The summed E-state index contributed by atoms with van der Waals surface area (Å²) in [7, 11) is 0. The van der Waals surface area contributed by atoms with Gasteiger partial charge < -0.3 is 14.6 Å². The van der Waals surface area contributed by atoms with Crippen LogP contribution in [-0.4, -0.2) is 17.2 Å². The van der Waals surface area contributed by atoms with Gasteiger partial charge in [0.25, 0.3) is 0 Å². The summed E-state index contributed by atoms with van der Waals surface area (Å²) in [5.41, 5.74) is 3.18. The summed E-state index contributed by atoms with van der Waals surface area (Å²) >= 11 is 0. The minimum absolute atomic E-state index is 0.0368. The Morgan fingerprint density at radius 2 is 1.43 bits per heavy atom. The molecule has 0 aliphatic heterocycles. The summed E-state index contributed by atoms with van der Waals surface area (Å²) in [5.74, 6) is 0.311. The highest BCUT2D eigenvalue weighted by Gasteiger charge is 2.21. The highest BCUT2D eigenvalue weighted by atomic mass is 16.5. The molecule has 4 heteroatoms. The second-order valence-corrected chi connectivity index (χ2v) is 8.34. The molecule has 0 aromatic heterocycles. The zero-order chi connectivity index (χ0) is 21.6. The van der Waals surface area contributed by atoms with Crippen molar-refractivity contribution in [2.75, 3.05) is 0 Å². The minimum Gasteiger partial charge on any atom is -0.489 e. The SMILES string of the molecule is CC(C)(C)c1ccc(O[C@@H](Cc2ccc(OCc3ccccc3)cc2)C(=O)O)cc1. The van der Waals surface area contributed by atoms with E-state index in [0.717, 1.165) is 16.9 Å². The summed E-state index contributed by atoms with van der Waals surface area (Å²) < 4.78 is 11.5. The van der Waals surface area contributed by atoms with Crippen LogP contribution in [0.25, 0.3) is 0 Å². The number of benzene rings is 3. The van der Waals surface area contributed by atoms with Crippen molar-refractivity contribution in [3.63, 3.8) is 0 Å². The van der Waals surface area contributed by atoms with Gasteiger partial charge in [0, 0.05) is 6.42 Å². The number of aliphatic carboxylic acids is 1. The fraction of sp³-hybridized carbons (Fsp3) is 0.269. The Kier molecular flexibility index (Phi) is 6.78. The molecule has 0 saturated carbocycles. The number of carboxylic acid groups (broad SMARTS) is 1. The molecule has 1 atom stereocenters. The van der Waals surface area contributed by atoms with Gasteiger partial charge in [-0.3, -0.25) is 0 Å². The van der Waals surface area contributed by atoms with Crippen molar-refractivity contribution in [3.05, 3.63) is 95.6 Å². The third kappa shape index (κ3) is 6.11. The first kappa shape index (κ1) is 21.4. The largest absolute Gasteiger partial charge is 0.489 e. The van der Waals surface area contributed by atoms with E-state index in [2.05, 4.69) is 20.8 Å². The van der Waals surface area contributed by atoms with E-state index in [1.54, 1.807) is 0 Å². The summed E-state index contributed by atoms with van der Waals surface area (Å²) in [5, 5.41) is 9.59. The summed E-state index contributed by atoms with van der Waals surface area (Å²) in [6.45, 7) is 6.90. The second kappa shape index (κ2) is 9.49. The molecule has 0 bridgehead atoms. The van der Waals surface area contributed by atoms with E-state index < -0.39 is 12.1 Å². The van der Waals surface area contributed by atoms with Gasteiger partial charge in [-0.05, 0) is 46.4 Å². The predicted molar refractivity (Wildman–Crippen MR) is 118 cm³/mol. The zero-order valence-electron chi connectivity index (χ0n) is 17.7. The van der Waals surface area contributed by atoms with Gasteiger partial charge in [0.2, 0.25) is 0 Å². The Labute approximate surface area is 178 Å². The molecule has 30 heavy (non-hydrogen) atoms. The molecule has 0 spiro atoms. The molecule has 0 unspecified atom stereocenters. The first-order valence-corrected chi connectivity index (χ1v) is 10.1. The van der Waals surface area contributed by atoms with Crippen LogP contribution in [0.4, 0.5) is 0 Å². The lowest BCUT2D eigenvalue weighted by molar-refractivity contribution is -0.145. The average molecular weight is 405 g/mol. The smallest absolute Gasteiger partial charge is 0.345 e. The number of hydrogen-bond acceptors (Lipinski definition) is 3. The second-order valence-electron chi connectivity index (χ2n) is 8.34. The predicted octanol–water partition coefficient (Wildman–Crippen LogP) is 5.64. The fourth-order valence-electron chi connectivity index (χ4n) is 3.05. The van der Waals surface area contributed by atoms with E-state index in [1.165, 1.54) is 5.56 Å². The van der Waals surface area contributed by atoms with E-state index in [1.807, 2.05) is 78.9 Å². The molecule has 1 N–H and O–H groups in total. The first-order chi connectivity index (χ1) is 14.3. The highest BCUT2D eigenvalue weighted by Crippen LogP contribution is 2.25. The number of carboxylic acids is 1. The van der Waals surface area contributed by atoms with E-state index in [-0.39, 0.29) is 11.8 Å². The van der Waals surface area contributed by atoms with Gasteiger partial charge in [0.1, 0.15) is 18.1 Å². The van der Waals surface area contributed by atoms with Gasteiger partial charge in [-0.1, -0.05) is 75.4 Å². The molecule has 0 fully saturated rings. The Bertz CT molecular complexity index is 939. The zero-order valence-corrected chi connectivity index (χ0v) is 17.7. The first-order valence-electron chi connectivity index (χ1n) is 10.1. The maximum absolute atomic E-state index is 11.7. The number of carbonyl (C=O) groups is 1. The van der Waals surface area contributed by atoms with Crippen molar-refractivity contribution in [3.8, 4) is 11.5 Å². The van der Waals surface area contributed by atoms with Crippen molar-refractivity contribution < 1.29 is 19.4 Å². The third-order valence-electron chi connectivity index (χ3n) is 4.87. The molecule has 156 valence electrons. The third-order valence-corrected chi connectivity index (χ3v) is 4.87. The molecule has 3 aromatic rings. The van der Waals surface area contributed by atoms with Crippen molar-refractivity contribution in [2.24, 2.45) is 0 Å². The van der Waals surface area contributed by atoms with E-state index in [0.29, 0.717) is 12.4 Å². The van der Waals surface area contributed by atoms with E-state index in [9.17, 15) is 9.90 Å². The molecule has 0 aliphatic carbocycles. The van der Waals surface area contributed by atoms with Crippen LogP contribution in [0.15, 0.2) is 78.9 Å². The van der Waals surface area contributed by atoms with Crippen LogP contribution in [0.1, 0.15) is 37.5 Å². The van der Waals surface area contributed by atoms with Crippen LogP contribution in [0, 0.1) is 0 Å². The average Bonchev–Trinajstić information content (AvgIpc) is 2.73. The van der Waals surface area contributed by atoms with Gasteiger partial charge in [-0.15, -0.1) is 0 Å². The summed E-state index contributed by atoms with van der Waals surface area (Å²) in [6, 6.07) is 25.0. The maximum Gasteiger partial charge on any atom is 0.345 e. The van der Waals surface area contributed by atoms with Crippen LogP contribution in [0.2, 0.25) is 0 Å². The Balaban J connectivity index is 1.60. The Morgan fingerprint density at radius 1 is 0.833 bits per heavy atom. The van der Waals surface area contributed by atoms with Crippen LogP contribution in [0.3, 0.4) is 0 Å². The Morgan fingerprint density at radius 3 is 2.00 bits per heavy atom. The van der Waals surface area contributed by atoms with Gasteiger partial charge in [-0.2, -0.15) is 0 Å². The topological polar surface area (TPSA) is 55.8 Å². The van der Waals surface area contributed by atoms with Crippen molar-refractivity contribution >= 4 is 5.97 Å². The van der Waals surface area contributed by atoms with Gasteiger partial charge >= 0.3 is 5.97 Å². The van der Waals surface area contributed by atoms with Gasteiger partial charge in [0.05, 0.1) is 0 Å². The lowest BCUT2D eigenvalue weighted by atomic mass is 9.87. The molecule has 0 radical (unpaired) electrons. The van der Waals surface area contributed by atoms with Gasteiger partial charge in [0.15, 0.2) is 6.10 Å². The maximum atomic E-state index is 11.7. The normalized spacial score (nSPS) is 12.2. The number of rotatable bonds is 8. The lowest BCUT2D eigenvalue weighted by Crippen LogP contribution is -2.29. The van der Waals surface area contributed by atoms with Crippen molar-refractivity contribution in [1.29, 1.82) is 0 Å². The lowest BCUT2D eigenvalue weighted by Gasteiger charge is -2.20. The van der Waals surface area contributed by atoms with E-state index in [4.69, 9.17) is 9.47 Å². The summed E-state index contributed by atoms with van der Waals surface area (Å²) in [4.78, 5) is 11.7. The summed E-state index contributed by atoms with van der Waals surface area (Å²) in [6.07, 6.45) is -0.684. The molecule has 0 heterocycles. The monoisotopic (exact) mass is 404 g/mol. The van der Waals surface area contributed by atoms with E-state index >= 15 is 0 Å². The van der Waals surface area contributed by atoms with Gasteiger partial charge in [-0.25, -0.2) is 4.79 Å². The number of hydrogen-bond donors (Lipinski definition) is 1. The molecule has 3 aromatic carbocycles. The fourth-order valence-corrected chi connectivity index (χ4v) is 3.05. The van der Waals surface area contributed by atoms with Crippen LogP contribution < -0.4 is 9.47 Å². The van der Waals surface area contributed by atoms with Crippen LogP contribution in [-0.2, 0) is 23.2 Å². The van der Waals surface area contributed by atoms with Crippen LogP contribution in [0.5, 0.6) is 11.5 Å². The van der Waals surface area contributed by atoms with Crippen molar-refractivity contribution in [1.82, 2.24) is 0 Å². The number of ether oxygens (including phenoxy) is 2.